The number of nitrogens with one attached hydrogen (secondary N) is 1. The average Bonchev–Trinajstić information content (AvgIpc) is 2.78. The zero-order valence-electron chi connectivity index (χ0n) is 17.5. The van der Waals surface area contributed by atoms with Crippen LogP contribution in [-0.2, 0) is 11.3 Å². The number of amides is 1. The number of benzene rings is 1. The molecule has 1 amide bonds. The Morgan fingerprint density at radius 1 is 1.22 bits per heavy atom. The number of methoxy groups -OCH3 is 1. The number of para-hydroxylation sites is 2. The van der Waals surface area contributed by atoms with Crippen LogP contribution in [0.3, 0.4) is 0 Å². The molecule has 166 valence electrons. The summed E-state index contributed by atoms with van der Waals surface area (Å²) < 4.78 is 11.7. The molecule has 3 aromatic rings. The van der Waals surface area contributed by atoms with Gasteiger partial charge >= 0.3 is 0 Å². The predicted octanol–water partition coefficient (Wildman–Crippen LogP) is 1.80. The molecule has 2 heterocycles. The molecule has 0 aliphatic carbocycles. The lowest BCUT2D eigenvalue weighted by molar-refractivity contribution is -0.384. The van der Waals surface area contributed by atoms with Crippen LogP contribution in [0.1, 0.15) is 21.7 Å². The van der Waals surface area contributed by atoms with E-state index < -0.39 is 16.3 Å². The summed E-state index contributed by atoms with van der Waals surface area (Å²) in [7, 11) is 1.55. The Kier molecular flexibility index (Phi) is 7.24. The van der Waals surface area contributed by atoms with Gasteiger partial charge in [0.1, 0.15) is 12.3 Å². The van der Waals surface area contributed by atoms with Crippen LogP contribution >= 0.6 is 0 Å². The van der Waals surface area contributed by atoms with Crippen LogP contribution < -0.4 is 15.5 Å². The number of hydrogen-bond donors (Lipinski definition) is 1. The molecule has 0 aliphatic heterocycles. The number of aromatic nitrogens is 3. The van der Waals surface area contributed by atoms with E-state index in [0.717, 1.165) is 0 Å². The molecule has 1 N–H and O–H groups in total. The summed E-state index contributed by atoms with van der Waals surface area (Å²) in [4.78, 5) is 40.1. The van der Waals surface area contributed by atoms with Crippen molar-refractivity contribution < 1.29 is 19.2 Å². The van der Waals surface area contributed by atoms with Crippen LogP contribution in [0.15, 0.2) is 53.5 Å². The number of ether oxygens (including phenoxy) is 2. The SMILES string of the molecule is COCCOc1ncccc1CNC(=O)c1nn(-c2ccccc2[N+](=O)[O-])c(C)cc1=O. The Hall–Kier alpha value is -4.12. The number of nitro benzene ring substituents is 1. The minimum atomic E-state index is -0.728. The number of hydrogen-bond acceptors (Lipinski definition) is 8. The van der Waals surface area contributed by atoms with Crippen molar-refractivity contribution in [1.82, 2.24) is 20.1 Å². The molecule has 32 heavy (non-hydrogen) atoms. The van der Waals surface area contributed by atoms with Crippen molar-refractivity contribution in [2.75, 3.05) is 20.3 Å². The molecule has 11 heteroatoms. The largest absolute Gasteiger partial charge is 0.475 e. The number of nitrogens with zero attached hydrogens (tertiary/aromatic N) is 4. The summed E-state index contributed by atoms with van der Waals surface area (Å²) in [5.74, 6) is -0.395. The van der Waals surface area contributed by atoms with E-state index in [2.05, 4.69) is 15.4 Å². The van der Waals surface area contributed by atoms with E-state index in [0.29, 0.717) is 23.7 Å². The summed E-state index contributed by atoms with van der Waals surface area (Å²) in [6.45, 7) is 2.27. The van der Waals surface area contributed by atoms with Gasteiger partial charge in [-0.15, -0.1) is 0 Å². The van der Waals surface area contributed by atoms with Crippen molar-refractivity contribution in [2.45, 2.75) is 13.5 Å². The Morgan fingerprint density at radius 2 is 2.00 bits per heavy atom. The summed E-state index contributed by atoms with van der Waals surface area (Å²) in [6, 6.07) is 10.6. The van der Waals surface area contributed by atoms with E-state index in [1.165, 1.54) is 28.9 Å². The van der Waals surface area contributed by atoms with Crippen molar-refractivity contribution in [3.63, 3.8) is 0 Å². The van der Waals surface area contributed by atoms with Gasteiger partial charge in [-0.25, -0.2) is 9.67 Å². The van der Waals surface area contributed by atoms with Gasteiger partial charge in [0.2, 0.25) is 11.3 Å². The molecule has 0 unspecified atom stereocenters. The molecule has 0 saturated carbocycles. The van der Waals surface area contributed by atoms with Crippen LogP contribution in [0.5, 0.6) is 5.88 Å². The molecule has 3 rings (SSSR count). The summed E-state index contributed by atoms with van der Waals surface area (Å²) in [5, 5.41) is 18.1. The molecule has 11 nitrogen and oxygen atoms in total. The number of pyridine rings is 1. The zero-order chi connectivity index (χ0) is 23.1. The van der Waals surface area contributed by atoms with Crippen molar-refractivity contribution in [2.24, 2.45) is 0 Å². The van der Waals surface area contributed by atoms with Crippen LogP contribution in [-0.4, -0.2) is 45.9 Å². The standard InChI is InChI=1S/C21H21N5O6/c1-14-12-18(27)19(24-25(14)16-7-3-4-8-17(16)26(29)30)20(28)23-13-15-6-5-9-22-21(15)32-11-10-31-2/h3-9,12H,10-11,13H2,1-2H3,(H,23,28). The topological polar surface area (TPSA) is 138 Å². The fraction of sp³-hybridized carbons (Fsp3) is 0.238. The van der Waals surface area contributed by atoms with Gasteiger partial charge in [0, 0.05) is 43.2 Å². The van der Waals surface area contributed by atoms with Crippen LogP contribution in [0.25, 0.3) is 5.69 Å². The Labute approximate surface area is 182 Å². The van der Waals surface area contributed by atoms with E-state index in [1.54, 1.807) is 38.4 Å². The van der Waals surface area contributed by atoms with E-state index in [-0.39, 0.29) is 30.2 Å². The molecule has 0 spiro atoms. The molecule has 0 radical (unpaired) electrons. The Morgan fingerprint density at radius 3 is 2.75 bits per heavy atom. The lowest BCUT2D eigenvalue weighted by Gasteiger charge is -2.12. The second-order valence-electron chi connectivity index (χ2n) is 6.65. The van der Waals surface area contributed by atoms with Gasteiger partial charge < -0.3 is 14.8 Å². The first-order chi connectivity index (χ1) is 15.4. The normalized spacial score (nSPS) is 10.6. The lowest BCUT2D eigenvalue weighted by Crippen LogP contribution is -2.32. The second kappa shape index (κ2) is 10.3. The molecular formula is C21H21N5O6. The summed E-state index contributed by atoms with van der Waals surface area (Å²) in [5.41, 5.74) is -0.0986. The molecule has 0 fully saturated rings. The van der Waals surface area contributed by atoms with Crippen molar-refractivity contribution in [1.29, 1.82) is 0 Å². The van der Waals surface area contributed by atoms with Crippen molar-refractivity contribution in [3.05, 3.63) is 86.0 Å². The maximum atomic E-state index is 12.7. The van der Waals surface area contributed by atoms with E-state index in [4.69, 9.17) is 9.47 Å². The van der Waals surface area contributed by atoms with Gasteiger partial charge in [0.15, 0.2) is 5.69 Å². The maximum Gasteiger partial charge on any atom is 0.294 e. The third-order valence-electron chi connectivity index (χ3n) is 4.44. The van der Waals surface area contributed by atoms with Crippen molar-refractivity contribution in [3.8, 4) is 11.6 Å². The third-order valence-corrected chi connectivity index (χ3v) is 4.44. The summed E-state index contributed by atoms with van der Waals surface area (Å²) in [6.07, 6.45) is 1.56. The Bertz CT molecular complexity index is 1190. The molecule has 0 bridgehead atoms. The molecule has 1 aromatic carbocycles. The fourth-order valence-corrected chi connectivity index (χ4v) is 2.92. The van der Waals surface area contributed by atoms with Crippen molar-refractivity contribution >= 4 is 11.6 Å². The first-order valence-electron chi connectivity index (χ1n) is 9.61. The van der Waals surface area contributed by atoms with Crippen LogP contribution in [0, 0.1) is 17.0 Å². The van der Waals surface area contributed by atoms with Gasteiger partial charge in [-0.2, -0.15) is 5.10 Å². The first kappa shape index (κ1) is 22.6. The maximum absolute atomic E-state index is 12.7. The smallest absolute Gasteiger partial charge is 0.294 e. The average molecular weight is 439 g/mol. The second-order valence-corrected chi connectivity index (χ2v) is 6.65. The number of carbonyl (C=O) groups is 1. The van der Waals surface area contributed by atoms with Gasteiger partial charge in [0.25, 0.3) is 11.6 Å². The van der Waals surface area contributed by atoms with Gasteiger partial charge in [-0.05, 0) is 19.1 Å². The highest BCUT2D eigenvalue weighted by Gasteiger charge is 2.20. The van der Waals surface area contributed by atoms with Crippen LogP contribution in [0.4, 0.5) is 5.69 Å². The van der Waals surface area contributed by atoms with E-state index >= 15 is 0 Å². The molecule has 0 aliphatic rings. The third kappa shape index (κ3) is 5.13. The van der Waals surface area contributed by atoms with Crippen LogP contribution in [0.2, 0.25) is 0 Å². The van der Waals surface area contributed by atoms with Gasteiger partial charge in [-0.1, -0.05) is 18.2 Å². The summed E-state index contributed by atoms with van der Waals surface area (Å²) >= 11 is 0. The van der Waals surface area contributed by atoms with E-state index in [1.807, 2.05) is 0 Å². The number of nitro groups is 1. The van der Waals surface area contributed by atoms with Gasteiger partial charge in [-0.3, -0.25) is 19.7 Å². The minimum Gasteiger partial charge on any atom is -0.475 e. The molecule has 0 saturated heterocycles. The number of rotatable bonds is 9. The highest BCUT2D eigenvalue weighted by Crippen LogP contribution is 2.22. The fourth-order valence-electron chi connectivity index (χ4n) is 2.92. The van der Waals surface area contributed by atoms with E-state index in [9.17, 15) is 19.7 Å². The molecular weight excluding hydrogens is 418 g/mol. The molecule has 2 aromatic heterocycles. The lowest BCUT2D eigenvalue weighted by atomic mass is 10.2. The minimum absolute atomic E-state index is 0.0372. The number of aryl methyl sites for hydroxylation is 1. The quantitative estimate of drug-likeness (QED) is 0.303. The predicted molar refractivity (Wildman–Crippen MR) is 114 cm³/mol. The highest BCUT2D eigenvalue weighted by molar-refractivity contribution is 5.92. The monoisotopic (exact) mass is 439 g/mol. The molecule has 0 atom stereocenters. The van der Waals surface area contributed by atoms with Gasteiger partial charge in [0.05, 0.1) is 11.5 Å². The first-order valence-corrected chi connectivity index (χ1v) is 9.61. The number of carbonyl (C=O) groups excluding carboxylic acids is 1. The Balaban J connectivity index is 1.86. The highest BCUT2D eigenvalue weighted by atomic mass is 16.6. The zero-order valence-corrected chi connectivity index (χ0v) is 17.5.